The largest absolute Gasteiger partial charge is 0.390 e. The molecular formula is C20H22N4O2. The minimum Gasteiger partial charge on any atom is -0.390 e. The van der Waals surface area contributed by atoms with Crippen LogP contribution in [0.5, 0.6) is 0 Å². The third kappa shape index (κ3) is 2.48. The Bertz CT molecular complexity index is 944. The number of hydrogen-bond donors (Lipinski definition) is 2. The van der Waals surface area contributed by atoms with E-state index in [0.29, 0.717) is 6.42 Å². The van der Waals surface area contributed by atoms with Gasteiger partial charge in [-0.25, -0.2) is 9.97 Å². The van der Waals surface area contributed by atoms with Crippen molar-refractivity contribution >= 4 is 16.9 Å². The van der Waals surface area contributed by atoms with Gasteiger partial charge in [-0.2, -0.15) is 0 Å². The van der Waals surface area contributed by atoms with Gasteiger partial charge < -0.3 is 19.7 Å². The summed E-state index contributed by atoms with van der Waals surface area (Å²) in [5.41, 5.74) is 3.60. The monoisotopic (exact) mass is 350 g/mol. The lowest BCUT2D eigenvalue weighted by Crippen LogP contribution is -2.15. The van der Waals surface area contributed by atoms with Crippen molar-refractivity contribution in [2.24, 2.45) is 0 Å². The number of rotatable bonds is 3. The molecule has 2 N–H and O–H groups in total. The molecule has 1 fully saturated rings. The molecule has 2 aromatic heterocycles. The van der Waals surface area contributed by atoms with Crippen molar-refractivity contribution in [1.82, 2.24) is 14.5 Å². The number of benzene rings is 1. The fourth-order valence-corrected chi connectivity index (χ4v) is 4.16. The fraction of sp³-hybridized carbons (Fsp3) is 0.400. The summed E-state index contributed by atoms with van der Waals surface area (Å²) in [5.74, 6) is 0.849. The lowest BCUT2D eigenvalue weighted by molar-refractivity contribution is -0.00608. The van der Waals surface area contributed by atoms with E-state index in [4.69, 9.17) is 4.74 Å². The number of nitrogens with zero attached hydrogens (tertiary/aromatic N) is 3. The number of aliphatic hydroxyl groups excluding tert-OH is 1. The molecule has 6 heteroatoms. The van der Waals surface area contributed by atoms with Crippen LogP contribution in [0.15, 0.2) is 42.9 Å². The number of fused-ring (bicyclic) bond motifs is 2. The fourth-order valence-electron chi connectivity index (χ4n) is 4.16. The highest BCUT2D eigenvalue weighted by atomic mass is 16.5. The summed E-state index contributed by atoms with van der Waals surface area (Å²) >= 11 is 0. The molecule has 3 aromatic rings. The van der Waals surface area contributed by atoms with Gasteiger partial charge in [0.2, 0.25) is 0 Å². The SMILES string of the molecule is C[C@@H]1O[C@@H](n2ccc3c(N[C@H]4CCc5ccccc54)ncnc32)C[C@@H]1O. The maximum atomic E-state index is 9.99. The molecule has 1 aliphatic heterocycles. The first kappa shape index (κ1) is 15.8. The smallest absolute Gasteiger partial charge is 0.147 e. The number of ether oxygens (including phenoxy) is 1. The molecule has 0 spiro atoms. The number of aromatic nitrogens is 3. The molecule has 4 atom stereocenters. The van der Waals surface area contributed by atoms with Gasteiger partial charge in [-0.3, -0.25) is 0 Å². The second-order valence-electron chi connectivity index (χ2n) is 7.22. The van der Waals surface area contributed by atoms with Gasteiger partial charge in [0.1, 0.15) is 24.0 Å². The highest BCUT2D eigenvalue weighted by Crippen LogP contribution is 2.36. The Morgan fingerprint density at radius 1 is 1.23 bits per heavy atom. The molecule has 1 saturated heterocycles. The highest BCUT2D eigenvalue weighted by Gasteiger charge is 2.32. The Labute approximate surface area is 151 Å². The summed E-state index contributed by atoms with van der Waals surface area (Å²) in [6.45, 7) is 1.90. The van der Waals surface area contributed by atoms with E-state index in [1.54, 1.807) is 6.33 Å². The number of nitrogens with one attached hydrogen (secondary N) is 1. The number of aliphatic hydroxyl groups is 1. The molecule has 2 aliphatic rings. The van der Waals surface area contributed by atoms with Gasteiger partial charge in [-0.1, -0.05) is 24.3 Å². The van der Waals surface area contributed by atoms with E-state index in [0.717, 1.165) is 29.7 Å². The minimum atomic E-state index is -0.438. The quantitative estimate of drug-likeness (QED) is 0.759. The summed E-state index contributed by atoms with van der Waals surface area (Å²) < 4.78 is 7.88. The zero-order valence-electron chi connectivity index (χ0n) is 14.7. The Hall–Kier alpha value is -2.44. The van der Waals surface area contributed by atoms with Crippen molar-refractivity contribution in [1.29, 1.82) is 0 Å². The third-order valence-electron chi connectivity index (χ3n) is 5.62. The molecule has 0 unspecified atom stereocenters. The normalized spacial score (nSPS) is 27.8. The molecule has 5 rings (SSSR count). The number of anilines is 1. The molecule has 26 heavy (non-hydrogen) atoms. The average Bonchev–Trinajstić information content (AvgIpc) is 3.34. The van der Waals surface area contributed by atoms with E-state index in [2.05, 4.69) is 39.6 Å². The molecular weight excluding hydrogens is 328 g/mol. The van der Waals surface area contributed by atoms with Crippen molar-refractivity contribution in [3.8, 4) is 0 Å². The van der Waals surface area contributed by atoms with Gasteiger partial charge in [-0.15, -0.1) is 0 Å². The topological polar surface area (TPSA) is 72.2 Å². The average molecular weight is 350 g/mol. The molecule has 1 aromatic carbocycles. The van der Waals surface area contributed by atoms with E-state index >= 15 is 0 Å². The van der Waals surface area contributed by atoms with Crippen LogP contribution in [0.3, 0.4) is 0 Å². The van der Waals surface area contributed by atoms with E-state index in [-0.39, 0.29) is 18.4 Å². The van der Waals surface area contributed by atoms with Crippen LogP contribution in [0.1, 0.15) is 43.2 Å². The molecule has 0 radical (unpaired) electrons. The summed E-state index contributed by atoms with van der Waals surface area (Å²) in [6, 6.07) is 10.9. The maximum Gasteiger partial charge on any atom is 0.147 e. The van der Waals surface area contributed by atoms with Gasteiger partial charge in [-0.05, 0) is 37.0 Å². The van der Waals surface area contributed by atoms with Crippen LogP contribution in [0, 0.1) is 0 Å². The van der Waals surface area contributed by atoms with Crippen LogP contribution in [0.25, 0.3) is 11.0 Å². The van der Waals surface area contributed by atoms with Crippen LogP contribution in [-0.2, 0) is 11.2 Å². The van der Waals surface area contributed by atoms with Crippen molar-refractivity contribution < 1.29 is 9.84 Å². The standard InChI is InChI=1S/C20H22N4O2/c1-12-17(25)10-18(26-12)24-9-8-15-19(21-11-22-20(15)24)23-16-7-6-13-4-2-3-5-14(13)16/h2-5,8-9,11-12,16-18,25H,6-7,10H2,1H3,(H,21,22,23)/t12-,16-,17-,18+/m0/s1. The Morgan fingerprint density at radius 3 is 2.96 bits per heavy atom. The molecule has 0 saturated carbocycles. The predicted molar refractivity (Wildman–Crippen MR) is 98.9 cm³/mol. The highest BCUT2D eigenvalue weighted by molar-refractivity contribution is 5.87. The molecule has 1 aliphatic carbocycles. The second-order valence-corrected chi connectivity index (χ2v) is 7.22. The van der Waals surface area contributed by atoms with Crippen molar-refractivity contribution in [3.63, 3.8) is 0 Å². The van der Waals surface area contributed by atoms with E-state index in [9.17, 15) is 5.11 Å². The molecule has 0 bridgehead atoms. The van der Waals surface area contributed by atoms with E-state index < -0.39 is 6.10 Å². The maximum absolute atomic E-state index is 9.99. The first-order chi connectivity index (χ1) is 12.7. The van der Waals surface area contributed by atoms with E-state index in [1.807, 2.05) is 23.8 Å². The van der Waals surface area contributed by atoms with Crippen molar-refractivity contribution in [3.05, 3.63) is 54.0 Å². The van der Waals surface area contributed by atoms with E-state index in [1.165, 1.54) is 11.1 Å². The van der Waals surface area contributed by atoms with Gasteiger partial charge in [0.05, 0.1) is 23.6 Å². The molecule has 3 heterocycles. The first-order valence-electron chi connectivity index (χ1n) is 9.20. The summed E-state index contributed by atoms with van der Waals surface area (Å²) in [6.07, 6.45) is 5.52. The van der Waals surface area contributed by atoms with Crippen LogP contribution in [0.2, 0.25) is 0 Å². The molecule has 134 valence electrons. The Kier molecular flexibility index (Phi) is 3.69. The second kappa shape index (κ2) is 6.07. The Morgan fingerprint density at radius 2 is 2.12 bits per heavy atom. The first-order valence-corrected chi connectivity index (χ1v) is 9.20. The van der Waals surface area contributed by atoms with Gasteiger partial charge in [0.15, 0.2) is 0 Å². The number of aryl methyl sites for hydroxylation is 1. The third-order valence-corrected chi connectivity index (χ3v) is 5.62. The Balaban J connectivity index is 1.47. The zero-order valence-corrected chi connectivity index (χ0v) is 14.7. The summed E-state index contributed by atoms with van der Waals surface area (Å²) in [7, 11) is 0. The van der Waals surface area contributed by atoms with Crippen molar-refractivity contribution in [2.45, 2.75) is 50.7 Å². The number of hydrogen-bond acceptors (Lipinski definition) is 5. The lowest BCUT2D eigenvalue weighted by Gasteiger charge is -2.16. The summed E-state index contributed by atoms with van der Waals surface area (Å²) in [5, 5.41) is 14.6. The lowest BCUT2D eigenvalue weighted by atomic mass is 10.1. The zero-order chi connectivity index (χ0) is 17.7. The van der Waals surface area contributed by atoms with Crippen LogP contribution in [0.4, 0.5) is 5.82 Å². The van der Waals surface area contributed by atoms with Crippen LogP contribution < -0.4 is 5.32 Å². The van der Waals surface area contributed by atoms with Crippen molar-refractivity contribution in [2.75, 3.05) is 5.32 Å². The van der Waals surface area contributed by atoms with Crippen LogP contribution in [-0.4, -0.2) is 31.8 Å². The van der Waals surface area contributed by atoms with Crippen LogP contribution >= 0.6 is 0 Å². The minimum absolute atomic E-state index is 0.160. The summed E-state index contributed by atoms with van der Waals surface area (Å²) in [4.78, 5) is 8.95. The van der Waals surface area contributed by atoms with Gasteiger partial charge in [0, 0.05) is 12.6 Å². The van der Waals surface area contributed by atoms with Gasteiger partial charge in [0.25, 0.3) is 0 Å². The molecule has 6 nitrogen and oxygen atoms in total. The molecule has 0 amide bonds. The predicted octanol–water partition coefficient (Wildman–Crippen LogP) is 3.20. The van der Waals surface area contributed by atoms with Gasteiger partial charge >= 0.3 is 0 Å².